The Morgan fingerprint density at radius 3 is 1.39 bits per heavy atom. The van der Waals surface area contributed by atoms with E-state index in [4.69, 9.17) is 0 Å². The van der Waals surface area contributed by atoms with Gasteiger partial charge < -0.3 is 14.7 Å². The van der Waals surface area contributed by atoms with Crippen molar-refractivity contribution in [2.75, 3.05) is 14.7 Å². The first-order valence-electron chi connectivity index (χ1n) is 28.5. The minimum atomic E-state index is -0.102. The van der Waals surface area contributed by atoms with Gasteiger partial charge in [-0.25, -0.2) is 0 Å². The normalized spacial score (nSPS) is 16.1. The van der Waals surface area contributed by atoms with Crippen molar-refractivity contribution < 1.29 is 0 Å². The zero-order valence-electron chi connectivity index (χ0n) is 49.7. The Hall–Kier alpha value is -6.84. The van der Waals surface area contributed by atoms with Gasteiger partial charge in [0.05, 0.1) is 17.1 Å². The molecule has 396 valence electrons. The van der Waals surface area contributed by atoms with Crippen LogP contribution in [0.4, 0.5) is 51.2 Å². The van der Waals surface area contributed by atoms with Gasteiger partial charge in [-0.1, -0.05) is 161 Å². The second-order valence-corrected chi connectivity index (χ2v) is 26.7. The third-order valence-electron chi connectivity index (χ3n) is 18.1. The van der Waals surface area contributed by atoms with Crippen molar-refractivity contribution in [1.82, 2.24) is 0 Å². The van der Waals surface area contributed by atoms with Gasteiger partial charge in [-0.05, 0) is 239 Å². The molecule has 0 aliphatic heterocycles. The molecule has 2 aliphatic rings. The highest BCUT2D eigenvalue weighted by atomic mass is 15.2. The molecule has 0 unspecified atom stereocenters. The van der Waals surface area contributed by atoms with Crippen LogP contribution in [-0.4, -0.2) is 0 Å². The largest absolute Gasteiger partial charge is 0.310 e. The quantitative estimate of drug-likeness (QED) is 0.135. The predicted octanol–water partition coefficient (Wildman–Crippen LogP) is 21.6. The van der Waals surface area contributed by atoms with Crippen LogP contribution in [-0.2, 0) is 27.1 Å². The Bertz CT molecular complexity index is 3490. The number of hydrogen-bond acceptors (Lipinski definition) is 3. The second kappa shape index (κ2) is 19.6. The van der Waals surface area contributed by atoms with Crippen molar-refractivity contribution in [3.63, 3.8) is 0 Å². The summed E-state index contributed by atoms with van der Waals surface area (Å²) in [6.45, 7) is 40.7. The van der Waals surface area contributed by atoms with E-state index in [1.54, 1.807) is 0 Å². The first-order valence-corrected chi connectivity index (χ1v) is 28.5. The van der Waals surface area contributed by atoms with Gasteiger partial charge in [-0.15, -0.1) is 0 Å². The van der Waals surface area contributed by atoms with Gasteiger partial charge in [-0.3, -0.25) is 0 Å². The van der Waals surface area contributed by atoms with Crippen molar-refractivity contribution in [3.8, 4) is 11.1 Å². The summed E-state index contributed by atoms with van der Waals surface area (Å²) in [4.78, 5) is 7.66. The van der Waals surface area contributed by atoms with Gasteiger partial charge in [0.1, 0.15) is 0 Å². The lowest BCUT2D eigenvalue weighted by atomic mass is 9.62. The Morgan fingerprint density at radius 2 is 0.818 bits per heavy atom. The molecule has 0 fully saturated rings. The fourth-order valence-electron chi connectivity index (χ4n) is 13.1. The molecule has 0 spiro atoms. The molecule has 10 rings (SSSR count). The maximum absolute atomic E-state index is 2.65. The standard InChI is InChI=1S/C74H85N3/c1-48-42-67(76(56-34-35-59-62(45-56)73(14,15)39-38-71(59,10)11)66-47-63-61(44-51(66)4)72(12,13)40-41-74(63,16)17)52(5)68(43-48)77(64-37-36-60(70(7,8)9)69(53(64)6)58-31-25-24-26-49(58)2)65-46-57(33-32-50(65)3)75(54-27-20-18-21-28-54)55-29-22-19-23-30-55/h18-37,42-47H,38-41H2,1-17H3. The third-order valence-corrected chi connectivity index (χ3v) is 18.1. The zero-order chi connectivity index (χ0) is 55.1. The van der Waals surface area contributed by atoms with E-state index in [0.717, 1.165) is 41.3 Å². The second-order valence-electron chi connectivity index (χ2n) is 26.7. The number of fused-ring (bicyclic) bond motifs is 2. The highest BCUT2D eigenvalue weighted by Gasteiger charge is 2.40. The molecular weight excluding hydrogens is 931 g/mol. The lowest BCUT2D eigenvalue weighted by Crippen LogP contribution is -2.34. The highest BCUT2D eigenvalue weighted by Crippen LogP contribution is 2.55. The van der Waals surface area contributed by atoms with Gasteiger partial charge in [0.25, 0.3) is 0 Å². The van der Waals surface area contributed by atoms with E-state index in [9.17, 15) is 0 Å². The van der Waals surface area contributed by atoms with Crippen molar-refractivity contribution >= 4 is 51.2 Å². The molecule has 0 heterocycles. The molecule has 2 aliphatic carbocycles. The summed E-state index contributed by atoms with van der Waals surface area (Å²) in [5.74, 6) is 0. The van der Waals surface area contributed by atoms with Gasteiger partial charge in [0.2, 0.25) is 0 Å². The Balaban J connectivity index is 1.30. The molecule has 0 N–H and O–H groups in total. The van der Waals surface area contributed by atoms with E-state index in [-0.39, 0.29) is 27.1 Å². The van der Waals surface area contributed by atoms with Crippen LogP contribution in [0.5, 0.6) is 0 Å². The van der Waals surface area contributed by atoms with E-state index >= 15 is 0 Å². The topological polar surface area (TPSA) is 9.72 Å². The Kier molecular flexibility index (Phi) is 13.6. The van der Waals surface area contributed by atoms with Crippen molar-refractivity contribution in [2.45, 2.75) is 170 Å². The average molecular weight is 1020 g/mol. The zero-order valence-corrected chi connectivity index (χ0v) is 49.7. The maximum Gasteiger partial charge on any atom is 0.0514 e. The number of benzene rings is 8. The number of nitrogens with zero attached hydrogens (tertiary/aromatic N) is 3. The van der Waals surface area contributed by atoms with Gasteiger partial charge in [-0.2, -0.15) is 0 Å². The summed E-state index contributed by atoms with van der Waals surface area (Å²) in [6, 6.07) is 60.0. The fraction of sp³-hybridized carbons (Fsp3) is 0.351. The van der Waals surface area contributed by atoms with Crippen LogP contribution in [0.1, 0.15) is 163 Å². The smallest absolute Gasteiger partial charge is 0.0514 e. The first-order chi connectivity index (χ1) is 36.3. The van der Waals surface area contributed by atoms with E-state index in [1.807, 2.05) is 0 Å². The third kappa shape index (κ3) is 9.72. The molecule has 0 saturated carbocycles. The van der Waals surface area contributed by atoms with Crippen molar-refractivity contribution in [3.05, 3.63) is 219 Å². The summed E-state index contributed by atoms with van der Waals surface area (Å²) in [5.41, 5.74) is 27.9. The molecule has 0 saturated heterocycles. The van der Waals surface area contributed by atoms with E-state index < -0.39 is 0 Å². The number of hydrogen-bond donors (Lipinski definition) is 0. The fourth-order valence-corrected chi connectivity index (χ4v) is 13.1. The molecule has 0 amide bonds. The number of rotatable bonds is 10. The summed E-state index contributed by atoms with van der Waals surface area (Å²) in [7, 11) is 0. The van der Waals surface area contributed by atoms with E-state index in [2.05, 4.69) is 290 Å². The summed E-state index contributed by atoms with van der Waals surface area (Å²) in [5, 5.41) is 0. The van der Waals surface area contributed by atoms with Gasteiger partial charge in [0, 0.05) is 34.1 Å². The number of para-hydroxylation sites is 2. The molecule has 0 radical (unpaired) electrons. The summed E-state index contributed by atoms with van der Waals surface area (Å²) < 4.78 is 0. The Labute approximate surface area is 464 Å². The van der Waals surface area contributed by atoms with Crippen LogP contribution >= 0.6 is 0 Å². The molecule has 0 bridgehead atoms. The molecule has 0 aromatic heterocycles. The monoisotopic (exact) mass is 1020 g/mol. The molecule has 8 aromatic rings. The number of anilines is 9. The van der Waals surface area contributed by atoms with Gasteiger partial charge >= 0.3 is 0 Å². The van der Waals surface area contributed by atoms with Crippen LogP contribution < -0.4 is 14.7 Å². The van der Waals surface area contributed by atoms with E-state index in [0.29, 0.717) is 0 Å². The lowest BCUT2D eigenvalue weighted by molar-refractivity contribution is 0.331. The minimum Gasteiger partial charge on any atom is -0.310 e. The summed E-state index contributed by atoms with van der Waals surface area (Å²) >= 11 is 0. The molecule has 3 heteroatoms. The molecular formula is C74H85N3. The van der Waals surface area contributed by atoms with Gasteiger partial charge in [0.15, 0.2) is 0 Å². The van der Waals surface area contributed by atoms with Crippen LogP contribution in [0, 0.1) is 41.5 Å². The average Bonchev–Trinajstić information content (AvgIpc) is 3.48. The molecule has 0 atom stereocenters. The first kappa shape index (κ1) is 53.6. The Morgan fingerprint density at radius 1 is 0.338 bits per heavy atom. The molecule has 3 nitrogen and oxygen atoms in total. The van der Waals surface area contributed by atoms with Crippen molar-refractivity contribution in [1.29, 1.82) is 0 Å². The van der Waals surface area contributed by atoms with E-state index in [1.165, 1.54) is 108 Å². The van der Waals surface area contributed by atoms with Crippen molar-refractivity contribution in [2.24, 2.45) is 0 Å². The van der Waals surface area contributed by atoms with Crippen LogP contribution in [0.15, 0.2) is 158 Å². The molecule has 77 heavy (non-hydrogen) atoms. The van der Waals surface area contributed by atoms with Crippen LogP contribution in [0.3, 0.4) is 0 Å². The van der Waals surface area contributed by atoms with Crippen LogP contribution in [0.25, 0.3) is 11.1 Å². The summed E-state index contributed by atoms with van der Waals surface area (Å²) in [6.07, 6.45) is 4.67. The highest BCUT2D eigenvalue weighted by molar-refractivity contribution is 5.93. The molecule has 8 aromatic carbocycles. The van der Waals surface area contributed by atoms with Crippen LogP contribution in [0.2, 0.25) is 0 Å². The maximum atomic E-state index is 2.65. The predicted molar refractivity (Wildman–Crippen MR) is 334 cm³/mol. The lowest BCUT2D eigenvalue weighted by Gasteiger charge is -2.44. The minimum absolute atomic E-state index is 0.0337. The number of aryl methyl sites for hydroxylation is 4. The SMILES string of the molecule is Cc1cc(N(c2ccc3c(c2)C(C)(C)CCC3(C)C)c2cc3c(cc2C)C(C)(C)CCC3(C)C)c(C)c(N(c2cc(N(c3ccccc3)c3ccccc3)ccc2C)c2ccc(C(C)(C)C)c(-c3ccccc3C)c2C)c1.